The Balaban J connectivity index is 1.66. The van der Waals surface area contributed by atoms with Crippen LogP contribution in [0.2, 0.25) is 0 Å². The van der Waals surface area contributed by atoms with E-state index in [1.54, 1.807) is 19.2 Å². The lowest BCUT2D eigenvalue weighted by Crippen LogP contribution is -2.32. The lowest BCUT2D eigenvalue weighted by atomic mass is 10.0. The molecule has 34 heavy (non-hydrogen) atoms. The lowest BCUT2D eigenvalue weighted by Gasteiger charge is -2.25. The number of ether oxygens (including phenoxy) is 1. The molecule has 7 nitrogen and oxygen atoms in total. The van der Waals surface area contributed by atoms with Crippen LogP contribution in [-0.2, 0) is 6.54 Å². The van der Waals surface area contributed by atoms with Crippen LogP contribution in [0.25, 0.3) is 0 Å². The summed E-state index contributed by atoms with van der Waals surface area (Å²) in [6, 6.07) is 21.5. The van der Waals surface area contributed by atoms with Gasteiger partial charge in [0.2, 0.25) is 0 Å². The number of hydrogen-bond donors (Lipinski definition) is 2. The van der Waals surface area contributed by atoms with Gasteiger partial charge in [0, 0.05) is 37.6 Å². The number of carbonyl (C=O) groups excluding carboxylic acids is 1. The van der Waals surface area contributed by atoms with Gasteiger partial charge in [0.15, 0.2) is 0 Å². The smallest absolute Gasteiger partial charge is 0.325 e. The molecular formula is C27H33N5O2. The predicted molar refractivity (Wildman–Crippen MR) is 139 cm³/mol. The zero-order valence-corrected chi connectivity index (χ0v) is 20.1. The Morgan fingerprint density at radius 1 is 0.941 bits per heavy atom. The average Bonchev–Trinajstić information content (AvgIpc) is 3.18. The molecule has 2 amide bonds. The molecule has 0 aromatic heterocycles. The van der Waals surface area contributed by atoms with E-state index in [0.29, 0.717) is 24.5 Å². The highest BCUT2D eigenvalue weighted by molar-refractivity contribution is 5.96. The summed E-state index contributed by atoms with van der Waals surface area (Å²) >= 11 is 0. The molecule has 1 fully saturated rings. The molecule has 4 rings (SSSR count). The molecular weight excluding hydrogens is 426 g/mol. The molecule has 1 aliphatic rings. The van der Waals surface area contributed by atoms with Crippen LogP contribution >= 0.6 is 0 Å². The molecule has 0 bridgehead atoms. The number of anilines is 4. The van der Waals surface area contributed by atoms with Crippen molar-refractivity contribution in [1.82, 2.24) is 4.90 Å². The maximum absolute atomic E-state index is 13.6. The van der Waals surface area contributed by atoms with Crippen LogP contribution in [-0.4, -0.2) is 37.7 Å². The Labute approximate surface area is 201 Å². The summed E-state index contributed by atoms with van der Waals surface area (Å²) < 4.78 is 5.26. The summed E-state index contributed by atoms with van der Waals surface area (Å²) in [5.41, 5.74) is 17.0. The monoisotopic (exact) mass is 459 g/mol. The van der Waals surface area contributed by atoms with Gasteiger partial charge < -0.3 is 26.0 Å². The molecule has 3 aromatic rings. The Morgan fingerprint density at radius 2 is 1.62 bits per heavy atom. The standard InChI is InChI=1S/C27H33N5O2/c1-4-30(5-2)21-10-8-20(9-11-21)26-18-31(17-19-6-13-23(34-3)14-7-19)27(33)32(26)22-12-15-24(28)25(29)16-22/h6-16,26H,4-5,17-18,28-29H2,1-3H3/t26-/m1/s1. The molecule has 1 saturated heterocycles. The number of amides is 2. The summed E-state index contributed by atoms with van der Waals surface area (Å²) in [4.78, 5) is 19.6. The van der Waals surface area contributed by atoms with Gasteiger partial charge in [0.1, 0.15) is 5.75 Å². The molecule has 0 radical (unpaired) electrons. The zero-order valence-electron chi connectivity index (χ0n) is 20.1. The van der Waals surface area contributed by atoms with Crippen molar-refractivity contribution >= 4 is 28.8 Å². The minimum atomic E-state index is -0.139. The molecule has 178 valence electrons. The zero-order chi connectivity index (χ0) is 24.2. The Morgan fingerprint density at radius 3 is 2.21 bits per heavy atom. The number of carbonyl (C=O) groups is 1. The number of rotatable bonds is 8. The van der Waals surface area contributed by atoms with Crippen molar-refractivity contribution in [3.05, 3.63) is 77.9 Å². The predicted octanol–water partition coefficient (Wildman–Crippen LogP) is 4.89. The summed E-state index contributed by atoms with van der Waals surface area (Å²) in [6.45, 7) is 7.28. The second kappa shape index (κ2) is 9.95. The van der Waals surface area contributed by atoms with E-state index in [1.165, 1.54) is 5.69 Å². The first kappa shape index (κ1) is 23.3. The third-order valence-corrected chi connectivity index (χ3v) is 6.47. The van der Waals surface area contributed by atoms with Crippen LogP contribution in [0.15, 0.2) is 66.7 Å². The number of methoxy groups -OCH3 is 1. The van der Waals surface area contributed by atoms with Gasteiger partial charge in [-0.1, -0.05) is 24.3 Å². The van der Waals surface area contributed by atoms with E-state index in [1.807, 2.05) is 40.1 Å². The largest absolute Gasteiger partial charge is 0.497 e. The van der Waals surface area contributed by atoms with E-state index in [0.717, 1.165) is 35.7 Å². The highest BCUT2D eigenvalue weighted by Gasteiger charge is 2.39. The molecule has 0 aliphatic carbocycles. The second-order valence-electron chi connectivity index (χ2n) is 8.47. The van der Waals surface area contributed by atoms with Crippen LogP contribution in [0.3, 0.4) is 0 Å². The van der Waals surface area contributed by atoms with Gasteiger partial charge in [-0.3, -0.25) is 4.90 Å². The third kappa shape index (κ3) is 4.59. The minimum Gasteiger partial charge on any atom is -0.497 e. The van der Waals surface area contributed by atoms with Crippen molar-refractivity contribution in [2.45, 2.75) is 26.4 Å². The van der Waals surface area contributed by atoms with Crippen molar-refractivity contribution in [3.63, 3.8) is 0 Å². The van der Waals surface area contributed by atoms with Crippen molar-refractivity contribution in [3.8, 4) is 5.75 Å². The van der Waals surface area contributed by atoms with Gasteiger partial charge in [-0.2, -0.15) is 0 Å². The van der Waals surface area contributed by atoms with Crippen molar-refractivity contribution in [1.29, 1.82) is 0 Å². The molecule has 0 unspecified atom stereocenters. The summed E-state index contributed by atoms with van der Waals surface area (Å²) in [6.07, 6.45) is 0. The van der Waals surface area contributed by atoms with Crippen LogP contribution < -0.4 is 26.0 Å². The number of nitrogen functional groups attached to an aromatic ring is 2. The second-order valence-corrected chi connectivity index (χ2v) is 8.47. The Hall–Kier alpha value is -3.87. The molecule has 7 heteroatoms. The summed E-state index contributed by atoms with van der Waals surface area (Å²) in [7, 11) is 1.64. The van der Waals surface area contributed by atoms with Gasteiger partial charge in [-0.25, -0.2) is 4.79 Å². The first-order valence-corrected chi connectivity index (χ1v) is 11.7. The number of urea groups is 1. The Kier molecular flexibility index (Phi) is 6.82. The van der Waals surface area contributed by atoms with Crippen LogP contribution in [0.1, 0.15) is 31.0 Å². The molecule has 0 spiro atoms. The van der Waals surface area contributed by atoms with Gasteiger partial charge >= 0.3 is 6.03 Å². The fourth-order valence-electron chi connectivity index (χ4n) is 4.49. The van der Waals surface area contributed by atoms with Gasteiger partial charge in [-0.15, -0.1) is 0 Å². The van der Waals surface area contributed by atoms with Crippen LogP contribution in [0.5, 0.6) is 5.75 Å². The van der Waals surface area contributed by atoms with Gasteiger partial charge in [-0.05, 0) is 67.4 Å². The highest BCUT2D eigenvalue weighted by atomic mass is 16.5. The molecule has 1 heterocycles. The molecule has 1 atom stereocenters. The molecule has 4 N–H and O–H groups in total. The first-order valence-electron chi connectivity index (χ1n) is 11.7. The quantitative estimate of drug-likeness (QED) is 0.468. The first-order chi connectivity index (χ1) is 16.4. The van der Waals surface area contributed by atoms with E-state index in [-0.39, 0.29) is 12.1 Å². The van der Waals surface area contributed by atoms with E-state index < -0.39 is 0 Å². The summed E-state index contributed by atoms with van der Waals surface area (Å²) in [5, 5.41) is 0. The van der Waals surface area contributed by atoms with E-state index in [2.05, 4.69) is 43.0 Å². The highest BCUT2D eigenvalue weighted by Crippen LogP contribution is 2.37. The van der Waals surface area contributed by atoms with Gasteiger partial charge in [0.25, 0.3) is 0 Å². The molecule has 1 aliphatic heterocycles. The SMILES string of the molecule is CCN(CC)c1ccc([C@H]2CN(Cc3ccc(OC)cc3)C(=O)N2c2ccc(N)c(N)c2)cc1. The third-order valence-electron chi connectivity index (χ3n) is 6.47. The van der Waals surface area contributed by atoms with E-state index in [4.69, 9.17) is 16.2 Å². The van der Waals surface area contributed by atoms with E-state index in [9.17, 15) is 4.79 Å². The number of nitrogens with two attached hydrogens (primary N) is 2. The molecule has 3 aromatic carbocycles. The van der Waals surface area contributed by atoms with Gasteiger partial charge in [0.05, 0.1) is 24.5 Å². The van der Waals surface area contributed by atoms with Crippen molar-refractivity contribution < 1.29 is 9.53 Å². The fraction of sp³-hybridized carbons (Fsp3) is 0.296. The maximum Gasteiger partial charge on any atom is 0.325 e. The normalized spacial score (nSPS) is 15.6. The van der Waals surface area contributed by atoms with Crippen molar-refractivity contribution in [2.24, 2.45) is 0 Å². The Bertz CT molecular complexity index is 1130. The number of benzene rings is 3. The lowest BCUT2D eigenvalue weighted by molar-refractivity contribution is 0.218. The van der Waals surface area contributed by atoms with Crippen LogP contribution in [0.4, 0.5) is 27.5 Å². The number of nitrogens with zero attached hydrogens (tertiary/aromatic N) is 3. The van der Waals surface area contributed by atoms with E-state index >= 15 is 0 Å². The average molecular weight is 460 g/mol. The summed E-state index contributed by atoms with van der Waals surface area (Å²) in [5.74, 6) is 0.793. The topological polar surface area (TPSA) is 88.1 Å². The van der Waals surface area contributed by atoms with Crippen molar-refractivity contribution in [2.75, 3.05) is 48.0 Å². The maximum atomic E-state index is 13.6. The fourth-order valence-corrected chi connectivity index (χ4v) is 4.49. The molecule has 0 saturated carbocycles. The van der Waals surface area contributed by atoms with Crippen LogP contribution in [0, 0.1) is 0 Å². The number of hydrogen-bond acceptors (Lipinski definition) is 5. The minimum absolute atomic E-state index is 0.0576.